The lowest BCUT2D eigenvalue weighted by atomic mass is 10.2. The minimum absolute atomic E-state index is 0.615. The van der Waals surface area contributed by atoms with E-state index in [0.29, 0.717) is 23.1 Å². The lowest BCUT2D eigenvalue weighted by Gasteiger charge is -2.14. The van der Waals surface area contributed by atoms with Crippen LogP contribution in [0.4, 0.5) is 0 Å². The zero-order valence-electron chi connectivity index (χ0n) is 12.1. The van der Waals surface area contributed by atoms with Gasteiger partial charge in [0.15, 0.2) is 11.5 Å². The van der Waals surface area contributed by atoms with Gasteiger partial charge < -0.3 is 14.8 Å². The minimum atomic E-state index is 0.615. The molecule has 3 nitrogen and oxygen atoms in total. The molecule has 4 heteroatoms. The Hall–Kier alpha value is -0.930. The first-order valence-electron chi connectivity index (χ1n) is 6.92. The van der Waals surface area contributed by atoms with Crippen LogP contribution in [0.15, 0.2) is 12.1 Å². The number of nitrogens with one attached hydrogen (secondary N) is 1. The van der Waals surface area contributed by atoms with E-state index in [9.17, 15) is 0 Å². The van der Waals surface area contributed by atoms with Gasteiger partial charge in [0.25, 0.3) is 0 Å². The highest BCUT2D eigenvalue weighted by Crippen LogP contribution is 2.36. The Balaban J connectivity index is 2.73. The summed E-state index contributed by atoms with van der Waals surface area (Å²) in [6.45, 7) is 6.63. The van der Waals surface area contributed by atoms with Crippen molar-refractivity contribution >= 4 is 11.6 Å². The van der Waals surface area contributed by atoms with Crippen LogP contribution in [0.25, 0.3) is 0 Å². The van der Waals surface area contributed by atoms with Gasteiger partial charge in [-0.25, -0.2) is 0 Å². The summed E-state index contributed by atoms with van der Waals surface area (Å²) in [5.74, 6) is 1.36. The fraction of sp³-hybridized carbons (Fsp3) is 0.600. The van der Waals surface area contributed by atoms with Gasteiger partial charge in [-0.1, -0.05) is 38.3 Å². The Labute approximate surface area is 121 Å². The number of ether oxygens (including phenoxy) is 2. The maximum Gasteiger partial charge on any atom is 0.179 e. The van der Waals surface area contributed by atoms with E-state index in [1.807, 2.05) is 12.1 Å². The molecule has 0 radical (unpaired) electrons. The summed E-state index contributed by atoms with van der Waals surface area (Å²) in [7, 11) is 1.64. The number of rotatable bonds is 9. The molecule has 0 amide bonds. The highest BCUT2D eigenvalue weighted by Gasteiger charge is 2.11. The third kappa shape index (κ3) is 5.29. The second-order valence-corrected chi connectivity index (χ2v) is 4.85. The van der Waals surface area contributed by atoms with Crippen molar-refractivity contribution in [1.29, 1.82) is 0 Å². The lowest BCUT2D eigenvalue weighted by Crippen LogP contribution is -2.12. The first-order valence-corrected chi connectivity index (χ1v) is 7.30. The quantitative estimate of drug-likeness (QED) is 0.695. The Bertz CT molecular complexity index is 383. The largest absolute Gasteiger partial charge is 0.493 e. The molecule has 0 aliphatic rings. The van der Waals surface area contributed by atoms with Crippen molar-refractivity contribution in [3.63, 3.8) is 0 Å². The number of methoxy groups -OCH3 is 1. The molecule has 0 unspecified atom stereocenters. The molecule has 0 fully saturated rings. The topological polar surface area (TPSA) is 30.5 Å². The van der Waals surface area contributed by atoms with E-state index >= 15 is 0 Å². The van der Waals surface area contributed by atoms with E-state index in [0.717, 1.165) is 25.1 Å². The Morgan fingerprint density at radius 2 is 2.00 bits per heavy atom. The molecule has 0 heterocycles. The highest BCUT2D eigenvalue weighted by atomic mass is 35.5. The second kappa shape index (κ2) is 9.05. The number of halogens is 1. The molecule has 1 N–H and O–H groups in total. The maximum absolute atomic E-state index is 6.27. The fourth-order valence-electron chi connectivity index (χ4n) is 1.81. The predicted molar refractivity (Wildman–Crippen MR) is 80.4 cm³/mol. The van der Waals surface area contributed by atoms with Crippen molar-refractivity contribution in [2.24, 2.45) is 0 Å². The van der Waals surface area contributed by atoms with E-state index in [4.69, 9.17) is 21.1 Å². The molecule has 0 aliphatic carbocycles. The Kier molecular flexibility index (Phi) is 7.68. The van der Waals surface area contributed by atoms with Gasteiger partial charge in [0.1, 0.15) is 0 Å². The molecule has 0 saturated heterocycles. The number of benzene rings is 1. The van der Waals surface area contributed by atoms with Crippen molar-refractivity contribution < 1.29 is 9.47 Å². The molecule has 0 atom stereocenters. The van der Waals surface area contributed by atoms with E-state index in [1.165, 1.54) is 12.8 Å². The Morgan fingerprint density at radius 1 is 1.21 bits per heavy atom. The molecule has 0 aliphatic heterocycles. The van der Waals surface area contributed by atoms with Crippen LogP contribution in [0.2, 0.25) is 5.02 Å². The summed E-state index contributed by atoms with van der Waals surface area (Å²) in [6, 6.07) is 3.91. The molecule has 0 aromatic heterocycles. The van der Waals surface area contributed by atoms with Crippen molar-refractivity contribution in [2.45, 2.75) is 39.7 Å². The van der Waals surface area contributed by atoms with Gasteiger partial charge in [0.2, 0.25) is 0 Å². The highest BCUT2D eigenvalue weighted by molar-refractivity contribution is 6.32. The van der Waals surface area contributed by atoms with Crippen LogP contribution < -0.4 is 14.8 Å². The predicted octanol–water partition coefficient (Wildman–Crippen LogP) is 4.03. The van der Waals surface area contributed by atoms with Crippen LogP contribution >= 0.6 is 11.6 Å². The molecule has 1 rings (SSSR count). The Morgan fingerprint density at radius 3 is 2.63 bits per heavy atom. The van der Waals surface area contributed by atoms with Gasteiger partial charge >= 0.3 is 0 Å². The molecule has 0 saturated carbocycles. The third-order valence-electron chi connectivity index (χ3n) is 2.86. The second-order valence-electron chi connectivity index (χ2n) is 4.44. The van der Waals surface area contributed by atoms with Crippen molar-refractivity contribution in [1.82, 2.24) is 5.32 Å². The van der Waals surface area contributed by atoms with Crippen LogP contribution in [-0.4, -0.2) is 20.3 Å². The molecular formula is C15H24ClNO2. The van der Waals surface area contributed by atoms with Crippen molar-refractivity contribution in [3.8, 4) is 11.5 Å². The zero-order valence-corrected chi connectivity index (χ0v) is 12.8. The average Bonchev–Trinajstić information content (AvgIpc) is 2.42. The van der Waals surface area contributed by atoms with Crippen LogP contribution in [0.3, 0.4) is 0 Å². The summed E-state index contributed by atoms with van der Waals surface area (Å²) >= 11 is 6.27. The van der Waals surface area contributed by atoms with Crippen LogP contribution in [0.5, 0.6) is 11.5 Å². The van der Waals surface area contributed by atoms with E-state index in [2.05, 4.69) is 19.2 Å². The zero-order chi connectivity index (χ0) is 14.1. The number of hydrogen-bond donors (Lipinski definition) is 1. The lowest BCUT2D eigenvalue weighted by molar-refractivity contribution is 0.286. The van der Waals surface area contributed by atoms with Gasteiger partial charge in [-0.2, -0.15) is 0 Å². The van der Waals surface area contributed by atoms with Crippen LogP contribution in [0.1, 0.15) is 38.7 Å². The monoisotopic (exact) mass is 285 g/mol. The maximum atomic E-state index is 6.27. The minimum Gasteiger partial charge on any atom is -0.493 e. The first kappa shape index (κ1) is 16.1. The molecular weight excluding hydrogens is 262 g/mol. The molecule has 1 aromatic carbocycles. The van der Waals surface area contributed by atoms with Crippen LogP contribution in [-0.2, 0) is 6.54 Å². The van der Waals surface area contributed by atoms with Gasteiger partial charge in [0.05, 0.1) is 18.7 Å². The van der Waals surface area contributed by atoms with E-state index in [-0.39, 0.29) is 0 Å². The van der Waals surface area contributed by atoms with Crippen molar-refractivity contribution in [3.05, 3.63) is 22.7 Å². The molecule has 0 spiro atoms. The fourth-order valence-corrected chi connectivity index (χ4v) is 2.10. The van der Waals surface area contributed by atoms with Crippen molar-refractivity contribution in [2.75, 3.05) is 20.3 Å². The summed E-state index contributed by atoms with van der Waals surface area (Å²) in [5, 5.41) is 3.88. The van der Waals surface area contributed by atoms with Gasteiger partial charge in [-0.15, -0.1) is 0 Å². The smallest absolute Gasteiger partial charge is 0.179 e. The summed E-state index contributed by atoms with van der Waals surface area (Å²) in [5.41, 5.74) is 1.10. The number of hydrogen-bond acceptors (Lipinski definition) is 3. The SMILES string of the molecule is CCCCCOc1c(Cl)cc(CNCC)cc1OC. The molecule has 1 aromatic rings. The third-order valence-corrected chi connectivity index (χ3v) is 3.14. The number of unbranched alkanes of at least 4 members (excludes halogenated alkanes) is 2. The molecule has 108 valence electrons. The van der Waals surface area contributed by atoms with E-state index in [1.54, 1.807) is 7.11 Å². The van der Waals surface area contributed by atoms with Gasteiger partial charge in [0, 0.05) is 6.54 Å². The van der Waals surface area contributed by atoms with E-state index < -0.39 is 0 Å². The van der Waals surface area contributed by atoms with Crippen LogP contribution in [0, 0.1) is 0 Å². The molecule has 19 heavy (non-hydrogen) atoms. The van der Waals surface area contributed by atoms with Gasteiger partial charge in [-0.05, 0) is 30.7 Å². The standard InChI is InChI=1S/C15H24ClNO2/c1-4-6-7-8-19-15-13(16)9-12(11-17-5-2)10-14(15)18-3/h9-10,17H,4-8,11H2,1-3H3. The van der Waals surface area contributed by atoms with Gasteiger partial charge in [-0.3, -0.25) is 0 Å². The summed E-state index contributed by atoms with van der Waals surface area (Å²) < 4.78 is 11.1. The molecule has 0 bridgehead atoms. The average molecular weight is 286 g/mol. The first-order chi connectivity index (χ1) is 9.22. The normalized spacial score (nSPS) is 10.5. The summed E-state index contributed by atoms with van der Waals surface area (Å²) in [6.07, 6.45) is 3.38. The summed E-state index contributed by atoms with van der Waals surface area (Å²) in [4.78, 5) is 0.